The number of aliphatic carboxylic acids is 1. The number of carboxylic acid groups (broad SMARTS) is 1. The van der Waals surface area contributed by atoms with Crippen LogP contribution in [0.25, 0.3) is 0 Å². The van der Waals surface area contributed by atoms with Crippen molar-refractivity contribution in [2.75, 3.05) is 5.75 Å². The molecule has 1 unspecified atom stereocenters. The minimum Gasteiger partial charge on any atom is -0.481 e. The first-order valence-electron chi connectivity index (χ1n) is 4.86. The lowest BCUT2D eigenvalue weighted by molar-refractivity contribution is -0.387. The van der Waals surface area contributed by atoms with Gasteiger partial charge in [0.1, 0.15) is 4.90 Å². The van der Waals surface area contributed by atoms with Crippen molar-refractivity contribution in [2.24, 2.45) is 0 Å². The Balaban J connectivity index is 2.75. The van der Waals surface area contributed by atoms with Gasteiger partial charge in [0.2, 0.25) is 0 Å². The minimum atomic E-state index is -1.54. The molecule has 17 heavy (non-hydrogen) atoms. The van der Waals surface area contributed by atoms with E-state index in [0.29, 0.717) is 0 Å². The maximum absolute atomic E-state index is 11.8. The second kappa shape index (κ2) is 6.09. The molecule has 0 spiro atoms. The fourth-order valence-corrected chi connectivity index (χ4v) is 2.50. The van der Waals surface area contributed by atoms with Crippen molar-refractivity contribution in [1.82, 2.24) is 0 Å². The van der Waals surface area contributed by atoms with Crippen molar-refractivity contribution in [1.29, 1.82) is 0 Å². The molecular formula is C10H11NO5S. The molecule has 0 saturated carbocycles. The van der Waals surface area contributed by atoms with E-state index in [1.165, 1.54) is 18.2 Å². The molecule has 0 fully saturated rings. The first-order valence-corrected chi connectivity index (χ1v) is 6.18. The Hall–Kier alpha value is -1.76. The van der Waals surface area contributed by atoms with Gasteiger partial charge in [-0.2, -0.15) is 0 Å². The van der Waals surface area contributed by atoms with E-state index in [2.05, 4.69) is 0 Å². The first kappa shape index (κ1) is 13.3. The SMILES string of the molecule is O=C(O)CCCS(=O)c1ccccc1[N+](=O)[O-]. The molecule has 7 heteroatoms. The summed E-state index contributed by atoms with van der Waals surface area (Å²) in [4.78, 5) is 20.5. The van der Waals surface area contributed by atoms with Gasteiger partial charge in [-0.15, -0.1) is 0 Å². The summed E-state index contributed by atoms with van der Waals surface area (Å²) in [5.41, 5.74) is -0.193. The van der Waals surface area contributed by atoms with Crippen molar-refractivity contribution in [3.63, 3.8) is 0 Å². The zero-order chi connectivity index (χ0) is 12.8. The van der Waals surface area contributed by atoms with Gasteiger partial charge in [-0.05, 0) is 12.5 Å². The normalized spacial score (nSPS) is 12.0. The molecule has 0 saturated heterocycles. The second-order valence-corrected chi connectivity index (χ2v) is 4.81. The molecular weight excluding hydrogens is 246 g/mol. The monoisotopic (exact) mass is 257 g/mol. The number of carboxylic acids is 1. The lowest BCUT2D eigenvalue weighted by Gasteiger charge is -2.02. The molecule has 0 bridgehead atoms. The van der Waals surface area contributed by atoms with Crippen molar-refractivity contribution in [3.8, 4) is 0 Å². The van der Waals surface area contributed by atoms with E-state index in [4.69, 9.17) is 5.11 Å². The Morgan fingerprint density at radius 3 is 2.65 bits per heavy atom. The smallest absolute Gasteiger partial charge is 0.303 e. The Morgan fingerprint density at radius 1 is 1.41 bits per heavy atom. The van der Waals surface area contributed by atoms with Crippen LogP contribution in [0, 0.1) is 10.1 Å². The van der Waals surface area contributed by atoms with E-state index in [9.17, 15) is 19.1 Å². The lowest BCUT2D eigenvalue weighted by Crippen LogP contribution is -2.04. The van der Waals surface area contributed by atoms with E-state index in [1.807, 2.05) is 0 Å². The lowest BCUT2D eigenvalue weighted by atomic mass is 10.3. The van der Waals surface area contributed by atoms with Gasteiger partial charge in [-0.3, -0.25) is 19.1 Å². The van der Waals surface area contributed by atoms with Crippen LogP contribution in [-0.4, -0.2) is 26.0 Å². The van der Waals surface area contributed by atoms with Gasteiger partial charge in [0, 0.05) is 18.2 Å². The molecule has 0 aliphatic carbocycles. The average molecular weight is 257 g/mol. The van der Waals surface area contributed by atoms with Crippen LogP contribution in [0.4, 0.5) is 5.69 Å². The third-order valence-electron chi connectivity index (χ3n) is 2.03. The minimum absolute atomic E-state index is 0.0909. The first-order chi connectivity index (χ1) is 8.02. The van der Waals surface area contributed by atoms with E-state index in [0.717, 1.165) is 0 Å². The Bertz CT molecular complexity index is 460. The molecule has 0 heterocycles. The van der Waals surface area contributed by atoms with Gasteiger partial charge < -0.3 is 5.11 Å². The molecule has 1 aromatic rings. The number of nitro groups is 1. The van der Waals surface area contributed by atoms with Crippen LogP contribution in [0.15, 0.2) is 29.2 Å². The van der Waals surface area contributed by atoms with Crippen LogP contribution in [0.3, 0.4) is 0 Å². The number of para-hydroxylation sites is 1. The van der Waals surface area contributed by atoms with Crippen LogP contribution in [0.5, 0.6) is 0 Å². The van der Waals surface area contributed by atoms with Crippen molar-refractivity contribution < 1.29 is 19.0 Å². The number of hydrogen-bond acceptors (Lipinski definition) is 4. The van der Waals surface area contributed by atoms with Gasteiger partial charge in [-0.1, -0.05) is 12.1 Å². The average Bonchev–Trinajstić information content (AvgIpc) is 2.28. The summed E-state index contributed by atoms with van der Waals surface area (Å²) in [5.74, 6) is -0.860. The molecule has 0 aliphatic heterocycles. The molecule has 1 atom stereocenters. The molecule has 1 rings (SSSR count). The number of nitrogens with zero attached hydrogens (tertiary/aromatic N) is 1. The van der Waals surface area contributed by atoms with Gasteiger partial charge in [0.05, 0.1) is 15.7 Å². The summed E-state index contributed by atoms with van der Waals surface area (Å²) in [5, 5.41) is 19.1. The molecule has 1 N–H and O–H groups in total. The zero-order valence-electron chi connectivity index (χ0n) is 8.87. The summed E-state index contributed by atoms with van der Waals surface area (Å²) in [6.45, 7) is 0. The second-order valence-electron chi connectivity index (χ2n) is 3.27. The van der Waals surface area contributed by atoms with Gasteiger partial charge in [0.25, 0.3) is 5.69 Å². The van der Waals surface area contributed by atoms with Crippen LogP contribution < -0.4 is 0 Å². The summed E-state index contributed by atoms with van der Waals surface area (Å²) >= 11 is 0. The third kappa shape index (κ3) is 3.95. The highest BCUT2D eigenvalue weighted by Crippen LogP contribution is 2.21. The Labute approximate surface area is 99.9 Å². The number of benzene rings is 1. The molecule has 1 aromatic carbocycles. The standard InChI is InChI=1S/C10H11NO5S/c12-10(13)6-3-7-17(16)9-5-2-1-4-8(9)11(14)15/h1-2,4-5H,3,6-7H2,(H,12,13). The number of rotatable bonds is 6. The van der Waals surface area contributed by atoms with Gasteiger partial charge >= 0.3 is 5.97 Å². The molecule has 92 valence electrons. The maximum Gasteiger partial charge on any atom is 0.303 e. The molecule has 6 nitrogen and oxygen atoms in total. The highest BCUT2D eigenvalue weighted by molar-refractivity contribution is 7.85. The van der Waals surface area contributed by atoms with Crippen LogP contribution in [0.2, 0.25) is 0 Å². The third-order valence-corrected chi connectivity index (χ3v) is 3.52. The largest absolute Gasteiger partial charge is 0.481 e. The van der Waals surface area contributed by atoms with Gasteiger partial charge in [-0.25, -0.2) is 0 Å². The molecule has 0 aromatic heterocycles. The fraction of sp³-hybridized carbons (Fsp3) is 0.300. The summed E-state index contributed by atoms with van der Waals surface area (Å²) in [6.07, 6.45) is 0.139. The maximum atomic E-state index is 11.8. The summed E-state index contributed by atoms with van der Waals surface area (Å²) < 4.78 is 11.8. The highest BCUT2D eigenvalue weighted by atomic mass is 32.2. The van der Waals surface area contributed by atoms with E-state index in [-0.39, 0.29) is 29.2 Å². The number of hydrogen-bond donors (Lipinski definition) is 1. The zero-order valence-corrected chi connectivity index (χ0v) is 9.68. The Kier molecular flexibility index (Phi) is 4.77. The van der Waals surface area contributed by atoms with Crippen LogP contribution in [-0.2, 0) is 15.6 Å². The van der Waals surface area contributed by atoms with Gasteiger partial charge in [0.15, 0.2) is 0 Å². The number of nitro benzene ring substituents is 1. The van der Waals surface area contributed by atoms with E-state index >= 15 is 0 Å². The van der Waals surface area contributed by atoms with Crippen molar-refractivity contribution in [2.45, 2.75) is 17.7 Å². The van der Waals surface area contributed by atoms with Crippen molar-refractivity contribution >= 4 is 22.5 Å². The summed E-state index contributed by atoms with van der Waals surface area (Å²) in [6, 6.07) is 5.77. The van der Waals surface area contributed by atoms with Crippen LogP contribution in [0.1, 0.15) is 12.8 Å². The summed E-state index contributed by atoms with van der Waals surface area (Å²) in [7, 11) is -1.54. The molecule has 0 amide bonds. The van der Waals surface area contributed by atoms with Crippen molar-refractivity contribution in [3.05, 3.63) is 34.4 Å². The van der Waals surface area contributed by atoms with E-state index in [1.54, 1.807) is 6.07 Å². The number of carbonyl (C=O) groups is 1. The van der Waals surface area contributed by atoms with Crippen LogP contribution >= 0.6 is 0 Å². The van der Waals surface area contributed by atoms with E-state index < -0.39 is 21.7 Å². The quantitative estimate of drug-likeness (QED) is 0.616. The highest BCUT2D eigenvalue weighted by Gasteiger charge is 2.17. The topological polar surface area (TPSA) is 97.5 Å². The molecule has 0 aliphatic rings. The predicted octanol–water partition coefficient (Wildman–Crippen LogP) is 1.57. The Morgan fingerprint density at radius 2 is 2.06 bits per heavy atom. The molecule has 0 radical (unpaired) electrons. The fourth-order valence-electron chi connectivity index (χ4n) is 1.26. The predicted molar refractivity (Wildman–Crippen MR) is 61.2 cm³/mol.